The van der Waals surface area contributed by atoms with Crippen molar-refractivity contribution < 1.29 is 22.7 Å². The molecule has 2 rings (SSSR count). The van der Waals surface area contributed by atoms with Crippen molar-refractivity contribution in [2.24, 2.45) is 0 Å². The van der Waals surface area contributed by atoms with E-state index in [1.807, 2.05) is 20.8 Å². The predicted molar refractivity (Wildman–Crippen MR) is 140 cm³/mol. The van der Waals surface area contributed by atoms with Crippen LogP contribution < -0.4 is 14.4 Å². The Balaban J connectivity index is 2.44. The topological polar surface area (TPSA) is 96.0 Å². The standard InChI is InChI=1S/C24H31Cl2N3O5S/c1-16(23(31)27-24(2,3)4)28(14-17-10-11-20(25)21(26)12-17)22(30)15-29(35(6,32)33)18-8-7-9-19(13-18)34-5/h7-13,16H,14-15H2,1-6H3,(H,27,31)/t16-/m1/s1. The SMILES string of the molecule is COc1cccc(N(CC(=O)N(Cc2ccc(Cl)c(Cl)c2)[C@H](C)C(=O)NC(C)(C)C)S(C)(=O)=O)c1. The van der Waals surface area contributed by atoms with Crippen molar-refractivity contribution in [3.8, 4) is 5.75 Å². The Morgan fingerprint density at radius 3 is 2.29 bits per heavy atom. The van der Waals surface area contributed by atoms with Crippen LogP contribution in [0.1, 0.15) is 33.3 Å². The Bertz CT molecular complexity index is 1180. The molecule has 2 aromatic rings. The number of methoxy groups -OCH3 is 1. The number of hydrogen-bond donors (Lipinski definition) is 1. The van der Waals surface area contributed by atoms with Crippen LogP contribution in [0.3, 0.4) is 0 Å². The lowest BCUT2D eigenvalue weighted by molar-refractivity contribution is -0.140. The number of anilines is 1. The molecule has 0 unspecified atom stereocenters. The van der Waals surface area contributed by atoms with Gasteiger partial charge in [0.1, 0.15) is 18.3 Å². The summed E-state index contributed by atoms with van der Waals surface area (Å²) in [5.74, 6) is -0.506. The molecule has 0 spiro atoms. The molecule has 35 heavy (non-hydrogen) atoms. The summed E-state index contributed by atoms with van der Waals surface area (Å²) in [5.41, 5.74) is 0.375. The van der Waals surface area contributed by atoms with Crippen molar-refractivity contribution in [1.82, 2.24) is 10.2 Å². The van der Waals surface area contributed by atoms with Gasteiger partial charge in [-0.2, -0.15) is 0 Å². The van der Waals surface area contributed by atoms with Crippen LogP contribution in [-0.2, 0) is 26.2 Å². The summed E-state index contributed by atoms with van der Waals surface area (Å²) in [4.78, 5) is 27.8. The number of halogens is 2. The second-order valence-corrected chi connectivity index (χ2v) is 11.9. The number of hydrogen-bond acceptors (Lipinski definition) is 5. The molecular weight excluding hydrogens is 513 g/mol. The minimum atomic E-state index is -3.84. The lowest BCUT2D eigenvalue weighted by Crippen LogP contribution is -2.54. The third kappa shape index (κ3) is 8.30. The van der Waals surface area contributed by atoms with Crippen LogP contribution in [0.25, 0.3) is 0 Å². The fourth-order valence-electron chi connectivity index (χ4n) is 3.27. The van der Waals surface area contributed by atoms with Crippen molar-refractivity contribution in [3.63, 3.8) is 0 Å². The highest BCUT2D eigenvalue weighted by molar-refractivity contribution is 7.92. The number of nitrogens with one attached hydrogen (secondary N) is 1. The largest absolute Gasteiger partial charge is 0.497 e. The van der Waals surface area contributed by atoms with E-state index >= 15 is 0 Å². The molecule has 0 aliphatic carbocycles. The first-order valence-corrected chi connectivity index (χ1v) is 13.4. The van der Waals surface area contributed by atoms with Gasteiger partial charge < -0.3 is 15.0 Å². The highest BCUT2D eigenvalue weighted by Crippen LogP contribution is 2.26. The molecule has 1 atom stereocenters. The molecule has 0 aliphatic rings. The first-order chi connectivity index (χ1) is 16.1. The zero-order chi connectivity index (χ0) is 26.6. The first kappa shape index (κ1) is 28.7. The quantitative estimate of drug-likeness (QED) is 0.513. The van der Waals surface area contributed by atoms with Gasteiger partial charge in [-0.25, -0.2) is 8.42 Å². The molecule has 0 saturated heterocycles. The second kappa shape index (κ2) is 11.5. The third-order valence-electron chi connectivity index (χ3n) is 5.02. The van der Waals surface area contributed by atoms with Gasteiger partial charge in [0, 0.05) is 18.2 Å². The highest BCUT2D eigenvalue weighted by atomic mass is 35.5. The zero-order valence-corrected chi connectivity index (χ0v) is 23.0. The van der Waals surface area contributed by atoms with Crippen LogP contribution in [0.5, 0.6) is 5.75 Å². The van der Waals surface area contributed by atoms with E-state index in [0.29, 0.717) is 21.4 Å². The summed E-state index contributed by atoms with van der Waals surface area (Å²) in [5, 5.41) is 3.52. The molecule has 8 nitrogen and oxygen atoms in total. The van der Waals surface area contributed by atoms with Gasteiger partial charge in [-0.15, -0.1) is 0 Å². The molecule has 1 N–H and O–H groups in total. The predicted octanol–water partition coefficient (Wildman–Crippen LogP) is 4.10. The van der Waals surface area contributed by atoms with Gasteiger partial charge >= 0.3 is 0 Å². The van der Waals surface area contributed by atoms with Gasteiger partial charge in [0.15, 0.2) is 0 Å². The van der Waals surface area contributed by atoms with Crippen molar-refractivity contribution >= 4 is 50.7 Å². The van der Waals surface area contributed by atoms with Crippen LogP contribution in [0.2, 0.25) is 10.0 Å². The molecule has 0 saturated carbocycles. The monoisotopic (exact) mass is 543 g/mol. The highest BCUT2D eigenvalue weighted by Gasteiger charge is 2.31. The Kier molecular flexibility index (Phi) is 9.44. The number of benzene rings is 2. The number of amides is 2. The van der Waals surface area contributed by atoms with Crippen molar-refractivity contribution in [3.05, 3.63) is 58.1 Å². The molecule has 0 bridgehead atoms. The van der Waals surface area contributed by atoms with E-state index in [9.17, 15) is 18.0 Å². The molecule has 0 radical (unpaired) electrons. The Hall–Kier alpha value is -2.49. The molecule has 0 aromatic heterocycles. The first-order valence-electron chi connectivity index (χ1n) is 10.8. The summed E-state index contributed by atoms with van der Waals surface area (Å²) in [6, 6.07) is 10.4. The molecule has 0 fully saturated rings. The van der Waals surface area contributed by atoms with E-state index in [0.717, 1.165) is 10.6 Å². The Morgan fingerprint density at radius 2 is 1.74 bits per heavy atom. The normalized spacial score (nSPS) is 12.6. The third-order valence-corrected chi connectivity index (χ3v) is 6.90. The van der Waals surface area contributed by atoms with Gasteiger partial charge in [0.2, 0.25) is 21.8 Å². The number of rotatable bonds is 9. The van der Waals surface area contributed by atoms with Crippen LogP contribution in [0.15, 0.2) is 42.5 Å². The number of nitrogens with zero attached hydrogens (tertiary/aromatic N) is 2. The molecular formula is C24H31Cl2N3O5S. The summed E-state index contributed by atoms with van der Waals surface area (Å²) in [6.07, 6.45) is 1.01. The number of sulfonamides is 1. The van der Waals surface area contributed by atoms with E-state index in [2.05, 4.69) is 5.32 Å². The summed E-state index contributed by atoms with van der Waals surface area (Å²) >= 11 is 12.2. The zero-order valence-electron chi connectivity index (χ0n) is 20.6. The van der Waals surface area contributed by atoms with Crippen LogP contribution in [-0.4, -0.2) is 56.6 Å². The number of ether oxygens (including phenoxy) is 1. The number of carbonyl (C=O) groups excluding carboxylic acids is 2. The van der Waals surface area contributed by atoms with Gasteiger partial charge in [-0.05, 0) is 57.5 Å². The maximum Gasteiger partial charge on any atom is 0.244 e. The van der Waals surface area contributed by atoms with E-state index in [1.54, 1.807) is 43.3 Å². The maximum absolute atomic E-state index is 13.5. The van der Waals surface area contributed by atoms with Crippen LogP contribution in [0, 0.1) is 0 Å². The van der Waals surface area contributed by atoms with Crippen molar-refractivity contribution in [2.45, 2.75) is 45.8 Å². The second-order valence-electron chi connectivity index (χ2n) is 9.16. The van der Waals surface area contributed by atoms with Crippen LogP contribution in [0.4, 0.5) is 5.69 Å². The van der Waals surface area contributed by atoms with E-state index in [4.69, 9.17) is 27.9 Å². The summed E-state index contributed by atoms with van der Waals surface area (Å²) in [7, 11) is -2.38. The Morgan fingerprint density at radius 1 is 1.09 bits per heavy atom. The molecule has 2 amide bonds. The summed E-state index contributed by atoms with van der Waals surface area (Å²) < 4.78 is 31.4. The van der Waals surface area contributed by atoms with E-state index < -0.39 is 34.1 Å². The van der Waals surface area contributed by atoms with Crippen molar-refractivity contribution in [2.75, 3.05) is 24.2 Å². The lowest BCUT2D eigenvalue weighted by Gasteiger charge is -2.33. The smallest absolute Gasteiger partial charge is 0.244 e. The molecule has 0 heterocycles. The summed E-state index contributed by atoms with van der Waals surface area (Å²) in [6.45, 7) is 6.59. The van der Waals surface area contributed by atoms with Gasteiger partial charge in [-0.1, -0.05) is 35.3 Å². The Labute approximate surface area is 217 Å². The van der Waals surface area contributed by atoms with Gasteiger partial charge in [-0.3, -0.25) is 13.9 Å². The fourth-order valence-corrected chi connectivity index (χ4v) is 4.43. The minimum Gasteiger partial charge on any atom is -0.497 e. The maximum atomic E-state index is 13.5. The van der Waals surface area contributed by atoms with Gasteiger partial charge in [0.25, 0.3) is 0 Å². The van der Waals surface area contributed by atoms with E-state index in [-0.39, 0.29) is 18.1 Å². The molecule has 0 aliphatic heterocycles. The van der Waals surface area contributed by atoms with Crippen molar-refractivity contribution in [1.29, 1.82) is 0 Å². The molecule has 11 heteroatoms. The average Bonchev–Trinajstić information content (AvgIpc) is 2.75. The lowest BCUT2D eigenvalue weighted by atomic mass is 10.1. The van der Waals surface area contributed by atoms with Gasteiger partial charge in [0.05, 0.1) is 29.1 Å². The average molecular weight is 545 g/mol. The minimum absolute atomic E-state index is 0.0180. The van der Waals surface area contributed by atoms with E-state index in [1.165, 1.54) is 18.1 Å². The molecule has 192 valence electrons. The fraction of sp³-hybridized carbons (Fsp3) is 0.417. The number of carbonyl (C=O) groups is 2. The van der Waals surface area contributed by atoms with Crippen LogP contribution >= 0.6 is 23.2 Å². The molecule has 2 aromatic carbocycles.